The molecule has 2 aliphatic carbocycles. The molecule has 0 aromatic heterocycles. The van der Waals surface area contributed by atoms with Crippen molar-refractivity contribution >= 4 is 11.9 Å². The van der Waals surface area contributed by atoms with E-state index in [9.17, 15) is 9.59 Å². The summed E-state index contributed by atoms with van der Waals surface area (Å²) in [4.78, 5) is 23.6. The first-order valence-corrected chi connectivity index (χ1v) is 7.02. The fraction of sp³-hybridized carbons (Fsp3) is 0.412. The number of carbonyl (C=O) groups is 2. The van der Waals surface area contributed by atoms with Crippen LogP contribution in [-0.2, 0) is 19.1 Å². The van der Waals surface area contributed by atoms with Gasteiger partial charge >= 0.3 is 11.9 Å². The van der Waals surface area contributed by atoms with Gasteiger partial charge in [-0.1, -0.05) is 38.3 Å². The Morgan fingerprint density at radius 2 is 1.43 bits per heavy atom. The van der Waals surface area contributed by atoms with Gasteiger partial charge in [0.1, 0.15) is 0 Å². The molecule has 4 atom stereocenters. The van der Waals surface area contributed by atoms with E-state index in [0.29, 0.717) is 0 Å². The number of rotatable bonds is 5. The third-order valence-electron chi connectivity index (χ3n) is 3.69. The topological polar surface area (TPSA) is 52.6 Å². The molecule has 4 heteroatoms. The first-order chi connectivity index (χ1) is 10.1. The monoisotopic (exact) mass is 290 g/mol. The Kier molecular flexibility index (Phi) is 6.66. The van der Waals surface area contributed by atoms with Gasteiger partial charge in [0.2, 0.25) is 0 Å². The van der Waals surface area contributed by atoms with Crippen LogP contribution in [0.5, 0.6) is 0 Å². The van der Waals surface area contributed by atoms with Crippen molar-refractivity contribution in [2.75, 3.05) is 0 Å². The second-order valence-corrected chi connectivity index (χ2v) is 4.90. The van der Waals surface area contributed by atoms with Gasteiger partial charge < -0.3 is 9.47 Å². The molecule has 2 bridgehead atoms. The lowest BCUT2D eigenvalue weighted by molar-refractivity contribution is -0.155. The van der Waals surface area contributed by atoms with Crippen LogP contribution in [0.2, 0.25) is 0 Å². The van der Waals surface area contributed by atoms with E-state index in [1.165, 1.54) is 0 Å². The van der Waals surface area contributed by atoms with Gasteiger partial charge in [-0.25, -0.2) is 0 Å². The predicted molar refractivity (Wildman–Crippen MR) is 80.8 cm³/mol. The molecule has 1 saturated carbocycles. The van der Waals surface area contributed by atoms with Gasteiger partial charge in [-0.2, -0.15) is 0 Å². The van der Waals surface area contributed by atoms with Gasteiger partial charge in [-0.3, -0.25) is 9.59 Å². The lowest BCUT2D eigenvalue weighted by atomic mass is 9.83. The highest BCUT2D eigenvalue weighted by Gasteiger charge is 2.52. The summed E-state index contributed by atoms with van der Waals surface area (Å²) < 4.78 is 9.59. The first-order valence-electron chi connectivity index (χ1n) is 7.02. The molecule has 0 aliphatic heterocycles. The van der Waals surface area contributed by atoms with Crippen LogP contribution in [0.4, 0.5) is 0 Å². The van der Waals surface area contributed by atoms with Crippen LogP contribution in [-0.4, -0.2) is 11.9 Å². The number of hydrogen-bond acceptors (Lipinski definition) is 4. The van der Waals surface area contributed by atoms with E-state index in [-0.39, 0.29) is 11.8 Å². The Morgan fingerprint density at radius 3 is 1.71 bits per heavy atom. The Morgan fingerprint density at radius 1 is 1.05 bits per heavy atom. The Balaban J connectivity index is 0.000000491. The maximum Gasteiger partial charge on any atom is 0.315 e. The molecule has 2 aliphatic rings. The van der Waals surface area contributed by atoms with Crippen molar-refractivity contribution in [2.45, 2.75) is 19.8 Å². The molecule has 0 heterocycles. The van der Waals surface area contributed by atoms with Gasteiger partial charge in [0.15, 0.2) is 0 Å². The van der Waals surface area contributed by atoms with Gasteiger partial charge in [0.25, 0.3) is 0 Å². The molecule has 0 spiro atoms. The average Bonchev–Trinajstić information content (AvgIpc) is 3.08. The zero-order valence-corrected chi connectivity index (χ0v) is 12.4. The van der Waals surface area contributed by atoms with Crippen LogP contribution in [0.25, 0.3) is 0 Å². The second kappa shape index (κ2) is 8.25. The molecule has 4 unspecified atom stereocenters. The summed E-state index contributed by atoms with van der Waals surface area (Å²) in [5.74, 6) is -1.62. The smallest absolute Gasteiger partial charge is 0.315 e. The molecule has 0 N–H and O–H groups in total. The minimum absolute atomic E-state index is 0.0646. The summed E-state index contributed by atoms with van der Waals surface area (Å²) in [7, 11) is 0. The van der Waals surface area contributed by atoms with Crippen molar-refractivity contribution in [3.8, 4) is 0 Å². The van der Waals surface area contributed by atoms with Crippen molar-refractivity contribution in [1.82, 2.24) is 0 Å². The molecule has 4 nitrogen and oxygen atoms in total. The van der Waals surface area contributed by atoms with Crippen molar-refractivity contribution in [3.05, 3.63) is 50.5 Å². The molecule has 0 radical (unpaired) electrons. The quantitative estimate of drug-likeness (QED) is 0.442. The molecule has 2 rings (SSSR count). The zero-order chi connectivity index (χ0) is 15.8. The minimum Gasteiger partial charge on any atom is -0.435 e. The highest BCUT2D eigenvalue weighted by molar-refractivity contribution is 5.85. The molecule has 0 saturated heterocycles. The Bertz CT molecular complexity index is 414. The average molecular weight is 290 g/mol. The van der Waals surface area contributed by atoms with Gasteiger partial charge in [0.05, 0.1) is 24.4 Å². The van der Waals surface area contributed by atoms with Gasteiger partial charge in [0, 0.05) is 0 Å². The first kappa shape index (κ1) is 17.0. The third kappa shape index (κ3) is 3.94. The van der Waals surface area contributed by atoms with Crippen LogP contribution in [0, 0.1) is 23.7 Å². The van der Waals surface area contributed by atoms with Crippen LogP contribution in [0.1, 0.15) is 19.8 Å². The molecule has 21 heavy (non-hydrogen) atoms. The number of fused-ring (bicyclic) bond motifs is 2. The van der Waals surface area contributed by atoms with E-state index in [0.717, 1.165) is 25.4 Å². The number of ether oxygens (including phenoxy) is 2. The molecule has 1 fully saturated rings. The fourth-order valence-corrected chi connectivity index (χ4v) is 2.79. The zero-order valence-electron chi connectivity index (χ0n) is 12.4. The summed E-state index contributed by atoms with van der Waals surface area (Å²) in [5, 5.41) is 0. The maximum absolute atomic E-state index is 11.8. The third-order valence-corrected chi connectivity index (χ3v) is 3.69. The summed E-state index contributed by atoms with van der Waals surface area (Å²) >= 11 is 0. The maximum atomic E-state index is 11.8. The van der Waals surface area contributed by atoms with Crippen LogP contribution in [0.3, 0.4) is 0 Å². The SMILES string of the molecule is C=CCC.C=COC(=O)C1C2C=CC(C2)C1C(=O)OC=C. The van der Waals surface area contributed by atoms with E-state index in [1.807, 2.05) is 18.2 Å². The normalized spacial score (nSPS) is 28.0. The van der Waals surface area contributed by atoms with Crippen molar-refractivity contribution < 1.29 is 19.1 Å². The van der Waals surface area contributed by atoms with E-state index in [2.05, 4.69) is 26.7 Å². The van der Waals surface area contributed by atoms with E-state index >= 15 is 0 Å². The highest BCUT2D eigenvalue weighted by Crippen LogP contribution is 2.49. The minimum atomic E-state index is -0.463. The van der Waals surface area contributed by atoms with E-state index in [4.69, 9.17) is 9.47 Å². The molecular weight excluding hydrogens is 268 g/mol. The predicted octanol–water partition coefficient (Wildman–Crippen LogP) is 3.38. The van der Waals surface area contributed by atoms with Crippen LogP contribution in [0.15, 0.2) is 50.5 Å². The molecule has 0 aromatic carbocycles. The van der Waals surface area contributed by atoms with Crippen molar-refractivity contribution in [2.24, 2.45) is 23.7 Å². The highest BCUT2D eigenvalue weighted by atomic mass is 16.5. The van der Waals surface area contributed by atoms with Gasteiger partial charge in [-0.05, 0) is 24.7 Å². The summed E-state index contributed by atoms with van der Waals surface area (Å²) in [6, 6.07) is 0. The lowest BCUT2D eigenvalue weighted by Crippen LogP contribution is -2.34. The summed E-state index contributed by atoms with van der Waals surface area (Å²) in [6.07, 6.45) is 9.88. The lowest BCUT2D eigenvalue weighted by Gasteiger charge is -2.23. The number of allylic oxidation sites excluding steroid dienone is 3. The molecule has 0 aromatic rings. The number of esters is 2. The largest absolute Gasteiger partial charge is 0.435 e. The molecular formula is C17H22O4. The van der Waals surface area contributed by atoms with Crippen molar-refractivity contribution in [3.63, 3.8) is 0 Å². The number of hydrogen-bond donors (Lipinski definition) is 0. The summed E-state index contributed by atoms with van der Waals surface area (Å²) in [6.45, 7) is 12.2. The molecule has 0 amide bonds. The van der Waals surface area contributed by atoms with Crippen molar-refractivity contribution in [1.29, 1.82) is 0 Å². The summed E-state index contributed by atoms with van der Waals surface area (Å²) in [5.41, 5.74) is 0. The Labute approximate surface area is 125 Å². The van der Waals surface area contributed by atoms with E-state index in [1.54, 1.807) is 0 Å². The molecule has 114 valence electrons. The Hall–Kier alpha value is -2.10. The van der Waals surface area contributed by atoms with E-state index < -0.39 is 23.8 Å². The van der Waals surface area contributed by atoms with Crippen LogP contribution < -0.4 is 0 Å². The van der Waals surface area contributed by atoms with Gasteiger partial charge in [-0.15, -0.1) is 6.58 Å². The second-order valence-electron chi connectivity index (χ2n) is 4.90. The fourth-order valence-electron chi connectivity index (χ4n) is 2.79. The number of carbonyl (C=O) groups excluding carboxylic acids is 2. The standard InChI is InChI=1S/C13H14O4.C4H8/c1-3-16-12(14)10-8-5-6-9(7-8)11(10)13(15)17-4-2;1-3-4-2/h3-6,8-11H,1-2,7H2;3H,1,4H2,2H3. The van der Waals surface area contributed by atoms with Crippen LogP contribution >= 0.6 is 0 Å².